The molecule has 37 heavy (non-hydrogen) atoms. The molecule has 2 fully saturated rings. The van der Waals surface area contributed by atoms with Crippen LogP contribution in [0.1, 0.15) is 49.1 Å². The number of hydrogen-bond acceptors (Lipinski definition) is 5. The van der Waals surface area contributed by atoms with Crippen molar-refractivity contribution < 1.29 is 14.3 Å². The molecule has 5 nitrogen and oxygen atoms in total. The van der Waals surface area contributed by atoms with Crippen molar-refractivity contribution in [2.45, 2.75) is 50.7 Å². The van der Waals surface area contributed by atoms with Crippen LogP contribution in [0.3, 0.4) is 0 Å². The molecule has 1 saturated carbocycles. The van der Waals surface area contributed by atoms with Gasteiger partial charge in [-0.1, -0.05) is 30.3 Å². The third-order valence-corrected chi connectivity index (χ3v) is 8.59. The largest absolute Gasteiger partial charge is 0.493 e. The highest BCUT2D eigenvalue weighted by atomic mass is 32.1. The molecule has 1 N–H and O–H groups in total. The van der Waals surface area contributed by atoms with Gasteiger partial charge in [-0.2, -0.15) is 0 Å². The smallest absolute Gasteiger partial charge is 0.227 e. The van der Waals surface area contributed by atoms with Gasteiger partial charge in [0.15, 0.2) is 11.5 Å². The summed E-state index contributed by atoms with van der Waals surface area (Å²) in [5.74, 6) is 1.83. The summed E-state index contributed by atoms with van der Waals surface area (Å²) in [5.41, 5.74) is 4.37. The molecule has 1 unspecified atom stereocenters. The van der Waals surface area contributed by atoms with E-state index in [2.05, 4.69) is 59.2 Å². The zero-order chi connectivity index (χ0) is 25.2. The molecule has 0 radical (unpaired) electrons. The fourth-order valence-corrected chi connectivity index (χ4v) is 6.52. The van der Waals surface area contributed by atoms with Crippen LogP contribution >= 0.6 is 11.3 Å². The lowest BCUT2D eigenvalue weighted by Crippen LogP contribution is -2.24. The summed E-state index contributed by atoms with van der Waals surface area (Å²) >= 11 is 1.77. The Hall–Kier alpha value is -3.51. The van der Waals surface area contributed by atoms with E-state index in [1.165, 1.54) is 28.5 Å². The first kappa shape index (κ1) is 23.9. The molecule has 2 heterocycles. The van der Waals surface area contributed by atoms with Gasteiger partial charge in [0.25, 0.3) is 0 Å². The predicted octanol–water partition coefficient (Wildman–Crippen LogP) is 7.36. The van der Waals surface area contributed by atoms with E-state index < -0.39 is 0 Å². The molecule has 6 heteroatoms. The number of benzene rings is 3. The van der Waals surface area contributed by atoms with Crippen LogP contribution in [-0.2, 0) is 11.3 Å². The lowest BCUT2D eigenvalue weighted by atomic mass is 9.98. The molecule has 0 spiro atoms. The lowest BCUT2D eigenvalue weighted by molar-refractivity contribution is -0.117. The Bertz CT molecular complexity index is 1410. The minimum absolute atomic E-state index is 0.123. The zero-order valence-corrected chi connectivity index (χ0v) is 21.9. The molecule has 1 atom stereocenters. The van der Waals surface area contributed by atoms with Crippen LogP contribution in [0.5, 0.6) is 11.5 Å². The average molecular weight is 513 g/mol. The minimum Gasteiger partial charge on any atom is -0.493 e. The maximum absolute atomic E-state index is 13.1. The van der Waals surface area contributed by atoms with E-state index in [-0.39, 0.29) is 17.9 Å². The molecular weight excluding hydrogens is 480 g/mol. The van der Waals surface area contributed by atoms with E-state index in [9.17, 15) is 4.79 Å². The highest BCUT2D eigenvalue weighted by Crippen LogP contribution is 2.38. The number of nitrogens with one attached hydrogen (secondary N) is 1. The Morgan fingerprint density at radius 2 is 1.86 bits per heavy atom. The zero-order valence-electron chi connectivity index (χ0n) is 21.1. The lowest BCUT2D eigenvalue weighted by Gasteiger charge is -2.20. The van der Waals surface area contributed by atoms with Gasteiger partial charge in [0.1, 0.15) is 0 Å². The van der Waals surface area contributed by atoms with Gasteiger partial charge in [0.05, 0.1) is 13.2 Å². The van der Waals surface area contributed by atoms with Gasteiger partial charge in [-0.15, -0.1) is 11.3 Å². The predicted molar refractivity (Wildman–Crippen MR) is 151 cm³/mol. The van der Waals surface area contributed by atoms with E-state index in [0.29, 0.717) is 13.0 Å². The Balaban J connectivity index is 1.16. The minimum atomic E-state index is 0.123. The molecule has 1 aliphatic carbocycles. The molecule has 1 aromatic heterocycles. The second-order valence-corrected chi connectivity index (χ2v) is 10.9. The van der Waals surface area contributed by atoms with E-state index >= 15 is 0 Å². The third kappa shape index (κ3) is 5.03. The van der Waals surface area contributed by atoms with Crippen LogP contribution < -0.4 is 19.7 Å². The number of carbonyl (C=O) groups is 1. The Morgan fingerprint density at radius 1 is 1.00 bits per heavy atom. The molecule has 1 aliphatic heterocycles. The van der Waals surface area contributed by atoms with Crippen molar-refractivity contribution in [1.82, 2.24) is 0 Å². The van der Waals surface area contributed by atoms with E-state index in [1.807, 2.05) is 23.1 Å². The highest BCUT2D eigenvalue weighted by Gasteiger charge is 2.32. The van der Waals surface area contributed by atoms with Gasteiger partial charge in [0.2, 0.25) is 5.91 Å². The van der Waals surface area contributed by atoms with Crippen LogP contribution in [0.4, 0.5) is 11.4 Å². The molecule has 0 bridgehead atoms. The van der Waals surface area contributed by atoms with Crippen LogP contribution in [-0.4, -0.2) is 25.7 Å². The number of carbonyl (C=O) groups excluding carboxylic acids is 1. The summed E-state index contributed by atoms with van der Waals surface area (Å²) in [6.07, 6.45) is 5.38. The molecule has 190 valence electrons. The number of anilines is 2. The van der Waals surface area contributed by atoms with Crippen molar-refractivity contribution in [1.29, 1.82) is 0 Å². The van der Waals surface area contributed by atoms with Crippen molar-refractivity contribution in [3.8, 4) is 11.5 Å². The van der Waals surface area contributed by atoms with Gasteiger partial charge >= 0.3 is 0 Å². The summed E-state index contributed by atoms with van der Waals surface area (Å²) in [4.78, 5) is 15.0. The Morgan fingerprint density at radius 3 is 2.73 bits per heavy atom. The quantitative estimate of drug-likeness (QED) is 0.268. The van der Waals surface area contributed by atoms with Crippen LogP contribution in [0.25, 0.3) is 10.1 Å². The maximum Gasteiger partial charge on any atom is 0.227 e. The SMILES string of the molecule is COc1ccc(C2CC(=O)N(c3cccc(NCc4csc5ccccc45)c3)C2)cc1OC1CCCC1. The Labute approximate surface area is 222 Å². The van der Waals surface area contributed by atoms with Gasteiger partial charge in [-0.05, 0) is 84.0 Å². The van der Waals surface area contributed by atoms with Gasteiger partial charge in [-0.25, -0.2) is 0 Å². The molecule has 4 aromatic rings. The van der Waals surface area contributed by atoms with Gasteiger partial charge in [0, 0.05) is 41.5 Å². The molecule has 1 amide bonds. The number of fused-ring (bicyclic) bond motifs is 1. The number of thiophene rings is 1. The monoisotopic (exact) mass is 512 g/mol. The Kier molecular flexibility index (Phi) is 6.75. The highest BCUT2D eigenvalue weighted by molar-refractivity contribution is 7.17. The standard InChI is InChI=1S/C31H32N2O3S/c1-35-28-14-13-21(15-29(28)36-26-9-2-3-10-26)22-16-31(34)33(19-22)25-8-6-7-24(17-25)32-18-23-20-37-30-12-5-4-11-27(23)30/h4-8,11-15,17,20,22,26,32H,2-3,9-10,16,18-19H2,1H3. The van der Waals surface area contributed by atoms with E-state index in [4.69, 9.17) is 9.47 Å². The number of ether oxygens (including phenoxy) is 2. The van der Waals surface area contributed by atoms with Gasteiger partial charge in [-0.3, -0.25) is 4.79 Å². The summed E-state index contributed by atoms with van der Waals surface area (Å²) in [6, 6.07) is 22.8. The maximum atomic E-state index is 13.1. The van der Waals surface area contributed by atoms with Crippen molar-refractivity contribution >= 4 is 38.7 Å². The summed E-state index contributed by atoms with van der Waals surface area (Å²) in [6.45, 7) is 1.41. The first-order chi connectivity index (χ1) is 18.2. The van der Waals surface area contributed by atoms with E-state index in [1.54, 1.807) is 18.4 Å². The van der Waals surface area contributed by atoms with Crippen molar-refractivity contribution in [3.05, 3.63) is 83.2 Å². The second kappa shape index (κ2) is 10.5. The second-order valence-electron chi connectivity index (χ2n) is 10.0. The average Bonchev–Trinajstić information content (AvgIpc) is 3.68. The van der Waals surface area contributed by atoms with Crippen molar-refractivity contribution in [2.75, 3.05) is 23.9 Å². The van der Waals surface area contributed by atoms with Crippen LogP contribution in [0.15, 0.2) is 72.1 Å². The van der Waals surface area contributed by atoms with Crippen molar-refractivity contribution in [3.63, 3.8) is 0 Å². The fraction of sp³-hybridized carbons (Fsp3) is 0.323. The molecule has 1 saturated heterocycles. The summed E-state index contributed by atoms with van der Waals surface area (Å²) < 4.78 is 13.2. The molecule has 6 rings (SSSR count). The number of hydrogen-bond donors (Lipinski definition) is 1. The van der Waals surface area contributed by atoms with Crippen LogP contribution in [0, 0.1) is 0 Å². The number of amides is 1. The topological polar surface area (TPSA) is 50.8 Å². The molecule has 2 aliphatic rings. The van der Waals surface area contributed by atoms with Gasteiger partial charge < -0.3 is 19.7 Å². The summed E-state index contributed by atoms with van der Waals surface area (Å²) in [7, 11) is 1.68. The first-order valence-corrected chi connectivity index (χ1v) is 14.0. The molecule has 3 aromatic carbocycles. The molecular formula is C31H32N2O3S. The number of rotatable bonds is 8. The normalized spacial score (nSPS) is 18.0. The first-order valence-electron chi connectivity index (χ1n) is 13.1. The fourth-order valence-electron chi connectivity index (χ4n) is 5.56. The number of methoxy groups -OCH3 is 1. The van der Waals surface area contributed by atoms with E-state index in [0.717, 1.165) is 47.8 Å². The van der Waals surface area contributed by atoms with Crippen molar-refractivity contribution in [2.24, 2.45) is 0 Å². The summed E-state index contributed by atoms with van der Waals surface area (Å²) in [5, 5.41) is 7.07. The van der Waals surface area contributed by atoms with Crippen LogP contribution in [0.2, 0.25) is 0 Å². The third-order valence-electron chi connectivity index (χ3n) is 7.58. The number of nitrogens with zero attached hydrogens (tertiary/aromatic N) is 1.